The van der Waals surface area contributed by atoms with Crippen LogP contribution in [-0.2, 0) is 22.5 Å². The van der Waals surface area contributed by atoms with Crippen LogP contribution in [0.4, 0.5) is 0 Å². The zero-order valence-electron chi connectivity index (χ0n) is 17.7. The highest BCUT2D eigenvalue weighted by atomic mass is 16.5. The number of hydrogen-bond acceptors (Lipinski definition) is 5. The minimum Gasteiger partial charge on any atom is -0.379 e. The summed E-state index contributed by atoms with van der Waals surface area (Å²) in [4.78, 5) is 18.3. The fourth-order valence-electron chi connectivity index (χ4n) is 3.87. The minimum atomic E-state index is -0.0125. The van der Waals surface area contributed by atoms with Crippen LogP contribution < -0.4 is 5.32 Å². The highest BCUT2D eigenvalue weighted by Gasteiger charge is 2.15. The summed E-state index contributed by atoms with van der Waals surface area (Å²) in [6, 6.07) is 18.4. The van der Waals surface area contributed by atoms with E-state index in [1.165, 1.54) is 18.1 Å². The van der Waals surface area contributed by atoms with Crippen LogP contribution in [-0.4, -0.2) is 48.6 Å². The van der Waals surface area contributed by atoms with Crippen LogP contribution in [0.5, 0.6) is 0 Å². The second kappa shape index (κ2) is 9.69. The van der Waals surface area contributed by atoms with Crippen LogP contribution >= 0.6 is 0 Å². The van der Waals surface area contributed by atoms with Crippen molar-refractivity contribution in [3.05, 3.63) is 65.2 Å². The molecular weight excluding hydrogens is 388 g/mol. The van der Waals surface area contributed by atoms with Gasteiger partial charge in [0.25, 0.3) is 0 Å². The molecule has 1 N–H and O–H groups in total. The molecule has 1 fully saturated rings. The van der Waals surface area contributed by atoms with Crippen LogP contribution in [0, 0.1) is 11.3 Å². The number of aromatic nitrogens is 1. The number of amides is 1. The lowest BCUT2D eigenvalue weighted by Gasteiger charge is -2.27. The summed E-state index contributed by atoms with van der Waals surface area (Å²) in [6.07, 6.45) is 0.790. The average molecular weight is 415 g/mol. The Morgan fingerprint density at radius 2 is 1.94 bits per heavy atom. The molecule has 1 aliphatic rings. The van der Waals surface area contributed by atoms with Crippen molar-refractivity contribution in [1.82, 2.24) is 15.2 Å². The van der Waals surface area contributed by atoms with Gasteiger partial charge >= 0.3 is 0 Å². The van der Waals surface area contributed by atoms with E-state index in [1.54, 1.807) is 0 Å². The largest absolute Gasteiger partial charge is 0.379 e. The molecule has 2 aromatic carbocycles. The van der Waals surface area contributed by atoms with E-state index in [1.807, 2.05) is 18.2 Å². The molecule has 3 aromatic rings. The van der Waals surface area contributed by atoms with Gasteiger partial charge in [0.05, 0.1) is 36.1 Å². The number of hydrogen-bond donors (Lipinski definition) is 1. The molecule has 1 saturated heterocycles. The Morgan fingerprint density at radius 1 is 1.16 bits per heavy atom. The second-order valence-corrected chi connectivity index (χ2v) is 7.83. The molecular formula is C25H26N4O2. The van der Waals surface area contributed by atoms with Gasteiger partial charge in [-0.3, -0.25) is 9.69 Å². The summed E-state index contributed by atoms with van der Waals surface area (Å²) >= 11 is 0. The highest BCUT2D eigenvalue weighted by molar-refractivity contribution is 5.86. The maximum absolute atomic E-state index is 11.1. The van der Waals surface area contributed by atoms with Crippen molar-refractivity contribution in [3.63, 3.8) is 0 Å². The Labute approximate surface area is 182 Å². The van der Waals surface area contributed by atoms with E-state index in [2.05, 4.69) is 46.6 Å². The monoisotopic (exact) mass is 414 g/mol. The zero-order valence-corrected chi connectivity index (χ0v) is 17.7. The summed E-state index contributed by atoms with van der Waals surface area (Å²) in [5, 5.41) is 13.2. The van der Waals surface area contributed by atoms with Gasteiger partial charge in [0.2, 0.25) is 5.91 Å². The van der Waals surface area contributed by atoms with Crippen LogP contribution in [0.15, 0.2) is 48.5 Å². The highest BCUT2D eigenvalue weighted by Crippen LogP contribution is 2.27. The van der Waals surface area contributed by atoms with Crippen LogP contribution in [0.2, 0.25) is 0 Å². The number of rotatable bonds is 6. The number of fused-ring (bicyclic) bond motifs is 1. The Morgan fingerprint density at radius 3 is 2.65 bits per heavy atom. The summed E-state index contributed by atoms with van der Waals surface area (Å²) in [5.41, 5.74) is 5.77. The van der Waals surface area contributed by atoms with E-state index >= 15 is 0 Å². The average Bonchev–Trinajstić information content (AvgIpc) is 2.79. The Balaban J connectivity index is 1.64. The summed E-state index contributed by atoms with van der Waals surface area (Å²) in [6.45, 7) is 6.33. The first-order chi connectivity index (χ1) is 15.1. The van der Waals surface area contributed by atoms with Crippen LogP contribution in [0.1, 0.15) is 23.6 Å². The molecule has 0 radical (unpaired) electrons. The van der Waals surface area contributed by atoms with Gasteiger partial charge in [-0.25, -0.2) is 4.98 Å². The molecule has 1 aliphatic heterocycles. The van der Waals surface area contributed by atoms with Crippen LogP contribution in [0.3, 0.4) is 0 Å². The van der Waals surface area contributed by atoms with Gasteiger partial charge in [0.1, 0.15) is 0 Å². The molecule has 0 spiro atoms. The molecule has 0 aliphatic carbocycles. The van der Waals surface area contributed by atoms with Gasteiger partial charge < -0.3 is 10.1 Å². The minimum absolute atomic E-state index is 0.0125. The van der Waals surface area contributed by atoms with Gasteiger partial charge in [-0.1, -0.05) is 30.3 Å². The Kier molecular flexibility index (Phi) is 6.56. The molecule has 0 unspecified atom stereocenters. The number of morpholine rings is 1. The smallest absolute Gasteiger partial charge is 0.216 e. The SMILES string of the molecule is CC(=O)NCCc1ccc(-c2cc(CN3CCOCC3)c3ccc(C#N)cc3n2)cc1. The molecule has 0 saturated carbocycles. The molecule has 2 heterocycles. The van der Waals surface area contributed by atoms with Gasteiger partial charge in [-0.05, 0) is 35.7 Å². The quantitative estimate of drug-likeness (QED) is 0.670. The predicted molar refractivity (Wildman–Crippen MR) is 120 cm³/mol. The first-order valence-electron chi connectivity index (χ1n) is 10.6. The summed E-state index contributed by atoms with van der Waals surface area (Å²) in [7, 11) is 0. The van der Waals surface area contributed by atoms with Crippen molar-refractivity contribution in [2.75, 3.05) is 32.8 Å². The summed E-state index contributed by atoms with van der Waals surface area (Å²) in [5.74, 6) is -0.0125. The maximum Gasteiger partial charge on any atom is 0.216 e. The molecule has 4 rings (SSSR count). The van der Waals surface area contributed by atoms with Crippen LogP contribution in [0.25, 0.3) is 22.2 Å². The first-order valence-corrected chi connectivity index (χ1v) is 10.6. The molecule has 158 valence electrons. The lowest BCUT2D eigenvalue weighted by Crippen LogP contribution is -2.35. The molecule has 6 nitrogen and oxygen atoms in total. The Bertz CT molecular complexity index is 1110. The van der Waals surface area contributed by atoms with Crippen molar-refractivity contribution in [2.24, 2.45) is 0 Å². The van der Waals surface area contributed by atoms with Gasteiger partial charge in [0, 0.05) is 44.1 Å². The van der Waals surface area contributed by atoms with E-state index in [0.29, 0.717) is 12.1 Å². The zero-order chi connectivity index (χ0) is 21.6. The molecule has 1 aromatic heterocycles. The molecule has 31 heavy (non-hydrogen) atoms. The second-order valence-electron chi connectivity index (χ2n) is 7.83. The number of nitrogens with zero attached hydrogens (tertiary/aromatic N) is 3. The van der Waals surface area contributed by atoms with E-state index in [9.17, 15) is 10.1 Å². The van der Waals surface area contributed by atoms with Crippen molar-refractivity contribution in [2.45, 2.75) is 19.9 Å². The fraction of sp³-hybridized carbons (Fsp3) is 0.320. The van der Waals surface area contributed by atoms with Crippen molar-refractivity contribution < 1.29 is 9.53 Å². The van der Waals surface area contributed by atoms with E-state index in [0.717, 1.165) is 61.4 Å². The molecule has 6 heteroatoms. The van der Waals surface area contributed by atoms with E-state index in [-0.39, 0.29) is 5.91 Å². The lowest BCUT2D eigenvalue weighted by atomic mass is 10.0. The third-order valence-electron chi connectivity index (χ3n) is 5.56. The number of nitrogens with one attached hydrogen (secondary N) is 1. The predicted octanol–water partition coefficient (Wildman–Crippen LogP) is 3.28. The third-order valence-corrected chi connectivity index (χ3v) is 5.56. The number of pyridine rings is 1. The number of benzene rings is 2. The number of ether oxygens (including phenoxy) is 1. The standard InChI is InChI=1S/C25H26N4O2/c1-18(30)27-9-8-19-2-5-21(6-3-19)24-15-22(17-29-10-12-31-13-11-29)23-7-4-20(16-26)14-25(23)28-24/h2-7,14-15H,8-13,17H2,1H3,(H,27,30). The van der Waals surface area contributed by atoms with E-state index in [4.69, 9.17) is 9.72 Å². The van der Waals surface area contributed by atoms with Crippen molar-refractivity contribution >= 4 is 16.8 Å². The first kappa shape index (κ1) is 21.0. The topological polar surface area (TPSA) is 78.3 Å². The normalized spacial score (nSPS) is 14.3. The van der Waals surface area contributed by atoms with Gasteiger partial charge in [0.15, 0.2) is 0 Å². The molecule has 0 bridgehead atoms. The fourth-order valence-corrected chi connectivity index (χ4v) is 3.87. The number of carbonyl (C=O) groups excluding carboxylic acids is 1. The maximum atomic E-state index is 11.1. The molecule has 0 atom stereocenters. The van der Waals surface area contributed by atoms with E-state index < -0.39 is 0 Å². The van der Waals surface area contributed by atoms with Crippen molar-refractivity contribution in [1.29, 1.82) is 5.26 Å². The van der Waals surface area contributed by atoms with Gasteiger partial charge in [-0.15, -0.1) is 0 Å². The number of nitriles is 1. The Hall–Kier alpha value is -3.27. The third kappa shape index (κ3) is 5.26. The lowest BCUT2D eigenvalue weighted by molar-refractivity contribution is -0.118. The summed E-state index contributed by atoms with van der Waals surface area (Å²) < 4.78 is 5.49. The number of carbonyl (C=O) groups is 1. The van der Waals surface area contributed by atoms with Crippen molar-refractivity contribution in [3.8, 4) is 17.3 Å². The molecule has 1 amide bonds. The van der Waals surface area contributed by atoms with Gasteiger partial charge in [-0.2, -0.15) is 5.26 Å².